The van der Waals surface area contributed by atoms with Crippen molar-refractivity contribution in [2.45, 2.75) is 6.10 Å². The van der Waals surface area contributed by atoms with Crippen LogP contribution in [0.1, 0.15) is 0 Å². The fourth-order valence-corrected chi connectivity index (χ4v) is 2.50. The highest BCUT2D eigenvalue weighted by molar-refractivity contribution is 5.78. The quantitative estimate of drug-likeness (QED) is 0.687. The molecule has 6 heteroatoms. The van der Waals surface area contributed by atoms with E-state index in [9.17, 15) is 4.79 Å². The summed E-state index contributed by atoms with van der Waals surface area (Å²) in [7, 11) is 4.20. The Morgan fingerprint density at radius 3 is 2.58 bits per heavy atom. The van der Waals surface area contributed by atoms with Crippen molar-refractivity contribution >= 4 is 5.91 Å². The first kappa shape index (κ1) is 14.7. The van der Waals surface area contributed by atoms with Gasteiger partial charge in [0.2, 0.25) is 5.91 Å². The van der Waals surface area contributed by atoms with E-state index in [4.69, 9.17) is 4.74 Å². The molecule has 0 saturated carbocycles. The topological polar surface area (TPSA) is 48.0 Å². The maximum absolute atomic E-state index is 12.0. The second-order valence-electron chi connectivity index (χ2n) is 5.57. The van der Waals surface area contributed by atoms with Crippen LogP contribution in [0.15, 0.2) is 0 Å². The van der Waals surface area contributed by atoms with Crippen LogP contribution in [0, 0.1) is 0 Å². The van der Waals surface area contributed by atoms with Gasteiger partial charge in [-0.2, -0.15) is 0 Å². The summed E-state index contributed by atoms with van der Waals surface area (Å²) < 4.78 is 5.65. The lowest BCUT2D eigenvalue weighted by molar-refractivity contribution is -0.131. The number of piperazine rings is 1. The summed E-state index contributed by atoms with van der Waals surface area (Å²) in [4.78, 5) is 18.5. The molecular weight excluding hydrogens is 244 g/mol. The Labute approximate surface area is 115 Å². The first-order valence-electron chi connectivity index (χ1n) is 7.12. The molecule has 19 heavy (non-hydrogen) atoms. The molecule has 2 saturated heterocycles. The third kappa shape index (κ3) is 4.72. The second-order valence-corrected chi connectivity index (χ2v) is 5.57. The van der Waals surface area contributed by atoms with Gasteiger partial charge >= 0.3 is 0 Å². The molecule has 2 aliphatic heterocycles. The van der Waals surface area contributed by atoms with Crippen LogP contribution in [0.3, 0.4) is 0 Å². The zero-order valence-electron chi connectivity index (χ0n) is 12.1. The smallest absolute Gasteiger partial charge is 0.236 e. The van der Waals surface area contributed by atoms with Gasteiger partial charge in [0.15, 0.2) is 0 Å². The van der Waals surface area contributed by atoms with E-state index in [0.717, 1.165) is 52.4 Å². The highest BCUT2D eigenvalue weighted by atomic mass is 16.5. The standard InChI is InChI=1S/C13H26N4O2/c1-15-3-5-17(6-4-15)13(18)10-14-9-12-11-16(2)7-8-19-12/h12,14H,3-11H2,1-2H3. The lowest BCUT2D eigenvalue weighted by atomic mass is 10.2. The number of rotatable bonds is 4. The third-order valence-electron chi connectivity index (χ3n) is 3.85. The number of morpholine rings is 1. The van der Waals surface area contributed by atoms with E-state index in [1.165, 1.54) is 0 Å². The molecule has 1 N–H and O–H groups in total. The van der Waals surface area contributed by atoms with Gasteiger partial charge < -0.3 is 24.8 Å². The van der Waals surface area contributed by atoms with Crippen molar-refractivity contribution in [3.05, 3.63) is 0 Å². The van der Waals surface area contributed by atoms with Gasteiger partial charge in [-0.25, -0.2) is 0 Å². The predicted octanol–water partition coefficient (Wildman–Crippen LogP) is -1.32. The number of nitrogens with one attached hydrogen (secondary N) is 1. The molecule has 1 atom stereocenters. The van der Waals surface area contributed by atoms with Crippen LogP contribution in [0.5, 0.6) is 0 Å². The average molecular weight is 270 g/mol. The predicted molar refractivity (Wildman–Crippen MR) is 74.2 cm³/mol. The molecule has 2 rings (SSSR count). The summed E-state index contributed by atoms with van der Waals surface area (Å²) in [5.74, 6) is 0.206. The number of likely N-dealkylation sites (N-methyl/N-ethyl adjacent to an activating group) is 2. The van der Waals surface area contributed by atoms with Crippen molar-refractivity contribution in [1.29, 1.82) is 0 Å². The van der Waals surface area contributed by atoms with Crippen molar-refractivity contribution in [3.63, 3.8) is 0 Å². The Kier molecular flexibility index (Phi) is 5.57. The lowest BCUT2D eigenvalue weighted by Crippen LogP contribution is -2.51. The first-order chi connectivity index (χ1) is 9.15. The molecular formula is C13H26N4O2. The third-order valence-corrected chi connectivity index (χ3v) is 3.85. The van der Waals surface area contributed by atoms with Crippen LogP contribution in [-0.4, -0.2) is 99.8 Å². The minimum Gasteiger partial charge on any atom is -0.374 e. The Hall–Kier alpha value is -0.690. The summed E-state index contributed by atoms with van der Waals surface area (Å²) in [6, 6.07) is 0. The zero-order valence-corrected chi connectivity index (χ0v) is 12.1. The minimum absolute atomic E-state index is 0.206. The van der Waals surface area contributed by atoms with Crippen LogP contribution < -0.4 is 5.32 Å². The van der Waals surface area contributed by atoms with Crippen molar-refractivity contribution in [1.82, 2.24) is 20.0 Å². The normalized spacial score (nSPS) is 26.6. The van der Waals surface area contributed by atoms with Gasteiger partial charge in [-0.05, 0) is 14.1 Å². The highest BCUT2D eigenvalue weighted by Crippen LogP contribution is 2.02. The lowest BCUT2D eigenvalue weighted by Gasteiger charge is -2.33. The van der Waals surface area contributed by atoms with Crippen molar-refractivity contribution < 1.29 is 9.53 Å². The summed E-state index contributed by atoms with van der Waals surface area (Å²) in [5, 5.41) is 3.23. The average Bonchev–Trinajstić information content (AvgIpc) is 2.39. The molecule has 2 fully saturated rings. The molecule has 1 amide bonds. The fraction of sp³-hybridized carbons (Fsp3) is 0.923. The molecule has 110 valence electrons. The molecule has 2 aliphatic rings. The molecule has 0 bridgehead atoms. The maximum atomic E-state index is 12.0. The Morgan fingerprint density at radius 1 is 1.16 bits per heavy atom. The van der Waals surface area contributed by atoms with Crippen LogP contribution in [-0.2, 0) is 9.53 Å². The second kappa shape index (κ2) is 7.19. The number of amides is 1. The number of carbonyl (C=O) groups is 1. The SMILES string of the molecule is CN1CCN(C(=O)CNCC2CN(C)CCO2)CC1. The van der Waals surface area contributed by atoms with Gasteiger partial charge in [0.1, 0.15) is 0 Å². The fourth-order valence-electron chi connectivity index (χ4n) is 2.50. The molecule has 0 aromatic rings. The van der Waals surface area contributed by atoms with Crippen LogP contribution in [0.25, 0.3) is 0 Å². The molecule has 6 nitrogen and oxygen atoms in total. The van der Waals surface area contributed by atoms with E-state index in [1.807, 2.05) is 4.90 Å². The summed E-state index contributed by atoms with van der Waals surface area (Å²) in [6.07, 6.45) is 0.207. The molecule has 0 aromatic carbocycles. The van der Waals surface area contributed by atoms with Crippen molar-refractivity contribution in [2.24, 2.45) is 0 Å². The van der Waals surface area contributed by atoms with Crippen molar-refractivity contribution in [3.8, 4) is 0 Å². The Bertz CT molecular complexity index is 292. The van der Waals surface area contributed by atoms with Crippen LogP contribution >= 0.6 is 0 Å². The molecule has 0 aliphatic carbocycles. The van der Waals surface area contributed by atoms with Gasteiger partial charge in [0.25, 0.3) is 0 Å². The summed E-state index contributed by atoms with van der Waals surface area (Å²) >= 11 is 0. The monoisotopic (exact) mass is 270 g/mol. The van der Waals surface area contributed by atoms with Crippen LogP contribution in [0.2, 0.25) is 0 Å². The highest BCUT2D eigenvalue weighted by Gasteiger charge is 2.20. The molecule has 0 aromatic heterocycles. The van der Waals surface area contributed by atoms with Gasteiger partial charge in [-0.15, -0.1) is 0 Å². The largest absolute Gasteiger partial charge is 0.374 e. The van der Waals surface area contributed by atoms with E-state index < -0.39 is 0 Å². The van der Waals surface area contributed by atoms with E-state index in [2.05, 4.69) is 29.2 Å². The van der Waals surface area contributed by atoms with E-state index in [1.54, 1.807) is 0 Å². The van der Waals surface area contributed by atoms with Gasteiger partial charge in [0, 0.05) is 45.8 Å². The van der Waals surface area contributed by atoms with Gasteiger partial charge in [-0.1, -0.05) is 0 Å². The summed E-state index contributed by atoms with van der Waals surface area (Å²) in [6.45, 7) is 7.54. The Balaban J connectivity index is 1.61. The van der Waals surface area contributed by atoms with E-state index in [-0.39, 0.29) is 12.0 Å². The molecule has 0 spiro atoms. The summed E-state index contributed by atoms with van der Waals surface area (Å²) in [5.41, 5.74) is 0. The van der Waals surface area contributed by atoms with Gasteiger partial charge in [0.05, 0.1) is 19.3 Å². The Morgan fingerprint density at radius 2 is 1.89 bits per heavy atom. The molecule has 0 radical (unpaired) electrons. The van der Waals surface area contributed by atoms with E-state index >= 15 is 0 Å². The maximum Gasteiger partial charge on any atom is 0.236 e. The first-order valence-corrected chi connectivity index (χ1v) is 7.12. The number of ether oxygens (including phenoxy) is 1. The minimum atomic E-state index is 0.206. The number of nitrogens with zero attached hydrogens (tertiary/aromatic N) is 3. The number of carbonyl (C=O) groups excluding carboxylic acids is 1. The van der Waals surface area contributed by atoms with E-state index in [0.29, 0.717) is 6.54 Å². The molecule has 1 unspecified atom stereocenters. The zero-order chi connectivity index (χ0) is 13.7. The van der Waals surface area contributed by atoms with Crippen LogP contribution in [0.4, 0.5) is 0 Å². The number of hydrogen-bond donors (Lipinski definition) is 1. The van der Waals surface area contributed by atoms with Crippen molar-refractivity contribution in [2.75, 3.05) is 73.1 Å². The molecule has 2 heterocycles. The van der Waals surface area contributed by atoms with Gasteiger partial charge in [-0.3, -0.25) is 4.79 Å². The number of hydrogen-bond acceptors (Lipinski definition) is 5.